The van der Waals surface area contributed by atoms with Crippen LogP contribution in [0.15, 0.2) is 42.6 Å². The van der Waals surface area contributed by atoms with Crippen LogP contribution in [-0.2, 0) is 10.2 Å². The fourth-order valence-corrected chi connectivity index (χ4v) is 4.01. The van der Waals surface area contributed by atoms with E-state index in [1.54, 1.807) is 12.1 Å². The largest absolute Gasteiger partial charge is 0.351 e. The first-order valence-electron chi connectivity index (χ1n) is 10.6. The summed E-state index contributed by atoms with van der Waals surface area (Å²) in [6.07, 6.45) is 2.75. The maximum atomic E-state index is 13.0. The van der Waals surface area contributed by atoms with E-state index in [-0.39, 0.29) is 23.1 Å². The van der Waals surface area contributed by atoms with Gasteiger partial charge in [0.05, 0.1) is 5.02 Å². The van der Waals surface area contributed by atoms with Crippen LogP contribution in [0.4, 0.5) is 5.82 Å². The van der Waals surface area contributed by atoms with Crippen LogP contribution >= 0.6 is 11.6 Å². The molecule has 0 bridgehead atoms. The SMILES string of the molecule is CC(C)(C)c1ccc2cc(C(=O)N3CCC(C(=O)Nc4ccc(Cl)cn4)CC3)[nH]c2c1. The van der Waals surface area contributed by atoms with E-state index in [9.17, 15) is 9.59 Å². The fourth-order valence-electron chi connectivity index (χ4n) is 3.90. The Morgan fingerprint density at radius 3 is 2.52 bits per heavy atom. The van der Waals surface area contributed by atoms with Crippen molar-refractivity contribution in [3.05, 3.63) is 58.9 Å². The number of aromatic nitrogens is 2. The van der Waals surface area contributed by atoms with E-state index < -0.39 is 0 Å². The summed E-state index contributed by atoms with van der Waals surface area (Å²) in [5.41, 5.74) is 2.84. The van der Waals surface area contributed by atoms with Gasteiger partial charge < -0.3 is 15.2 Å². The van der Waals surface area contributed by atoms with Crippen LogP contribution in [0, 0.1) is 5.92 Å². The Kier molecular flexibility index (Phi) is 5.75. The Morgan fingerprint density at radius 2 is 1.87 bits per heavy atom. The van der Waals surface area contributed by atoms with Gasteiger partial charge in [0.25, 0.3) is 5.91 Å². The normalized spacial score (nSPS) is 15.3. The number of nitrogens with zero attached hydrogens (tertiary/aromatic N) is 2. The first kappa shape index (κ1) is 21.4. The van der Waals surface area contributed by atoms with E-state index in [2.05, 4.69) is 54.3 Å². The number of hydrogen-bond acceptors (Lipinski definition) is 3. The molecule has 1 aliphatic heterocycles. The second-order valence-electron chi connectivity index (χ2n) is 9.15. The van der Waals surface area contributed by atoms with Gasteiger partial charge in [-0.25, -0.2) is 4.98 Å². The zero-order valence-electron chi connectivity index (χ0n) is 18.0. The number of H-pyrrole nitrogens is 1. The fraction of sp³-hybridized carbons (Fsp3) is 0.375. The molecule has 0 unspecified atom stereocenters. The topological polar surface area (TPSA) is 78.1 Å². The van der Waals surface area contributed by atoms with Gasteiger partial charge in [-0.15, -0.1) is 0 Å². The monoisotopic (exact) mass is 438 g/mol. The van der Waals surface area contributed by atoms with E-state index in [4.69, 9.17) is 11.6 Å². The van der Waals surface area contributed by atoms with Crippen molar-refractivity contribution in [1.82, 2.24) is 14.9 Å². The first-order chi connectivity index (χ1) is 14.7. The van der Waals surface area contributed by atoms with Gasteiger partial charge in [0.2, 0.25) is 5.91 Å². The van der Waals surface area contributed by atoms with Crippen LogP contribution in [0.1, 0.15) is 49.7 Å². The first-order valence-corrected chi connectivity index (χ1v) is 10.9. The summed E-state index contributed by atoms with van der Waals surface area (Å²) in [5.74, 6) is 0.258. The van der Waals surface area contributed by atoms with Crippen LogP contribution in [0.3, 0.4) is 0 Å². The van der Waals surface area contributed by atoms with E-state index in [0.717, 1.165) is 10.9 Å². The predicted octanol–water partition coefficient (Wildman–Crippen LogP) is 5.00. The van der Waals surface area contributed by atoms with Crippen molar-refractivity contribution >= 4 is 40.1 Å². The number of pyridine rings is 1. The summed E-state index contributed by atoms with van der Waals surface area (Å²) in [7, 11) is 0. The highest BCUT2D eigenvalue weighted by Gasteiger charge is 2.28. The molecule has 2 aromatic heterocycles. The minimum atomic E-state index is -0.140. The number of hydrogen-bond donors (Lipinski definition) is 2. The third-order valence-corrected chi connectivity index (χ3v) is 6.07. The summed E-state index contributed by atoms with van der Waals surface area (Å²) in [6.45, 7) is 7.62. The molecule has 1 fully saturated rings. The lowest BCUT2D eigenvalue weighted by atomic mass is 9.87. The van der Waals surface area contributed by atoms with Crippen LogP contribution < -0.4 is 5.32 Å². The summed E-state index contributed by atoms with van der Waals surface area (Å²) in [5, 5.41) is 4.38. The van der Waals surface area contributed by atoms with Crippen LogP contribution in [-0.4, -0.2) is 39.8 Å². The summed E-state index contributed by atoms with van der Waals surface area (Å²) in [4.78, 5) is 34.8. The van der Waals surface area contributed by atoms with Crippen LogP contribution in [0.5, 0.6) is 0 Å². The second-order valence-corrected chi connectivity index (χ2v) is 9.59. The second kappa shape index (κ2) is 8.35. The summed E-state index contributed by atoms with van der Waals surface area (Å²) < 4.78 is 0. The third-order valence-electron chi connectivity index (χ3n) is 5.85. The summed E-state index contributed by atoms with van der Waals surface area (Å²) in [6, 6.07) is 11.6. The Hall–Kier alpha value is -2.86. The Morgan fingerprint density at radius 1 is 1.13 bits per heavy atom. The smallest absolute Gasteiger partial charge is 0.270 e. The average molecular weight is 439 g/mol. The molecule has 0 saturated carbocycles. The highest BCUT2D eigenvalue weighted by molar-refractivity contribution is 6.30. The van der Waals surface area contributed by atoms with E-state index in [1.807, 2.05) is 11.0 Å². The Bertz CT molecular complexity index is 1110. The number of likely N-dealkylation sites (tertiary alicyclic amines) is 1. The number of halogens is 1. The zero-order chi connectivity index (χ0) is 22.2. The number of carbonyl (C=O) groups is 2. The van der Waals surface area contributed by atoms with Crippen molar-refractivity contribution in [3.63, 3.8) is 0 Å². The van der Waals surface area contributed by atoms with Crippen molar-refractivity contribution in [2.45, 2.75) is 39.0 Å². The zero-order valence-corrected chi connectivity index (χ0v) is 18.8. The lowest BCUT2D eigenvalue weighted by molar-refractivity contribution is -0.121. The molecule has 1 saturated heterocycles. The predicted molar refractivity (Wildman–Crippen MR) is 124 cm³/mol. The number of rotatable bonds is 3. The molecule has 2 amide bonds. The molecular formula is C24H27ClN4O2. The summed E-state index contributed by atoms with van der Waals surface area (Å²) >= 11 is 5.83. The van der Waals surface area contributed by atoms with Gasteiger partial charge in [0.1, 0.15) is 11.5 Å². The lowest BCUT2D eigenvalue weighted by Crippen LogP contribution is -2.41. The minimum Gasteiger partial charge on any atom is -0.351 e. The van der Waals surface area contributed by atoms with Crippen molar-refractivity contribution in [3.8, 4) is 0 Å². The molecule has 4 rings (SSSR count). The molecule has 1 aliphatic rings. The van der Waals surface area contributed by atoms with E-state index >= 15 is 0 Å². The third kappa shape index (κ3) is 4.74. The number of amides is 2. The van der Waals surface area contributed by atoms with Gasteiger partial charge >= 0.3 is 0 Å². The molecule has 0 radical (unpaired) electrons. The highest BCUT2D eigenvalue weighted by Crippen LogP contribution is 2.27. The molecule has 2 N–H and O–H groups in total. The number of aromatic amines is 1. The molecule has 0 atom stereocenters. The van der Waals surface area contributed by atoms with Crippen molar-refractivity contribution in [1.29, 1.82) is 0 Å². The maximum absolute atomic E-state index is 13.0. The number of piperidine rings is 1. The quantitative estimate of drug-likeness (QED) is 0.603. The standard InChI is InChI=1S/C24H27ClN4O2/c1-24(2,3)17-5-4-16-12-20(27-19(16)13-17)23(31)29-10-8-15(9-11-29)22(30)28-21-7-6-18(25)14-26-21/h4-7,12-15,27H,8-11H2,1-3H3,(H,26,28,30). The number of fused-ring (bicyclic) bond motifs is 1. The van der Waals surface area contributed by atoms with Crippen LogP contribution in [0.25, 0.3) is 10.9 Å². The number of anilines is 1. The van der Waals surface area contributed by atoms with Crippen molar-refractivity contribution in [2.24, 2.45) is 5.92 Å². The maximum Gasteiger partial charge on any atom is 0.270 e. The lowest BCUT2D eigenvalue weighted by Gasteiger charge is -2.31. The minimum absolute atomic E-state index is 0.0215. The average Bonchev–Trinajstić information content (AvgIpc) is 3.18. The number of carbonyl (C=O) groups excluding carboxylic acids is 2. The van der Waals surface area contributed by atoms with Gasteiger partial charge in [-0.1, -0.05) is 44.5 Å². The van der Waals surface area contributed by atoms with Gasteiger partial charge in [0, 0.05) is 36.1 Å². The molecule has 0 spiro atoms. The van der Waals surface area contributed by atoms with E-state index in [1.165, 1.54) is 11.8 Å². The van der Waals surface area contributed by atoms with Gasteiger partial charge in [-0.2, -0.15) is 0 Å². The highest BCUT2D eigenvalue weighted by atomic mass is 35.5. The molecule has 0 aliphatic carbocycles. The molecular weight excluding hydrogens is 412 g/mol. The van der Waals surface area contributed by atoms with Crippen LogP contribution in [0.2, 0.25) is 5.02 Å². The molecule has 6 nitrogen and oxygen atoms in total. The van der Waals surface area contributed by atoms with Gasteiger partial charge in [-0.3, -0.25) is 9.59 Å². The molecule has 162 valence electrons. The van der Waals surface area contributed by atoms with Crippen molar-refractivity contribution in [2.75, 3.05) is 18.4 Å². The molecule has 3 aromatic rings. The molecule has 31 heavy (non-hydrogen) atoms. The van der Waals surface area contributed by atoms with Gasteiger partial charge in [-0.05, 0) is 48.1 Å². The molecule has 1 aromatic carbocycles. The van der Waals surface area contributed by atoms with Crippen molar-refractivity contribution < 1.29 is 9.59 Å². The number of benzene rings is 1. The van der Waals surface area contributed by atoms with Gasteiger partial charge in [0.15, 0.2) is 0 Å². The number of nitrogens with one attached hydrogen (secondary N) is 2. The molecule has 7 heteroatoms. The Balaban J connectivity index is 1.38. The molecule has 3 heterocycles. The Labute approximate surface area is 187 Å². The van der Waals surface area contributed by atoms with E-state index in [0.29, 0.717) is 42.5 Å².